The lowest BCUT2D eigenvalue weighted by molar-refractivity contribution is -0.119. The van der Waals surface area contributed by atoms with Gasteiger partial charge in [0.15, 0.2) is 0 Å². The lowest BCUT2D eigenvalue weighted by Crippen LogP contribution is -2.28. The maximum absolute atomic E-state index is 12.7. The molecule has 0 radical (unpaired) electrons. The molecule has 140 valence electrons. The Balaban J connectivity index is 1.90. The molecule has 0 spiro atoms. The van der Waals surface area contributed by atoms with Gasteiger partial charge in [-0.25, -0.2) is 4.98 Å². The van der Waals surface area contributed by atoms with Crippen LogP contribution in [0.1, 0.15) is 36.8 Å². The average molecular weight is 364 g/mol. The first-order chi connectivity index (χ1) is 12.8. The zero-order chi connectivity index (χ0) is 19.6. The molecule has 6 nitrogen and oxygen atoms in total. The molecule has 3 aromatic rings. The molecule has 1 aromatic heterocycles. The number of hydrogen-bond donors (Lipinski definition) is 2. The Morgan fingerprint density at radius 3 is 2.59 bits per heavy atom. The second-order valence-corrected chi connectivity index (χ2v) is 6.83. The Morgan fingerprint density at radius 1 is 1.15 bits per heavy atom. The van der Waals surface area contributed by atoms with Gasteiger partial charge in [-0.2, -0.15) is 0 Å². The number of amides is 2. The van der Waals surface area contributed by atoms with Crippen molar-refractivity contribution in [1.82, 2.24) is 14.9 Å². The van der Waals surface area contributed by atoms with E-state index in [1.165, 1.54) is 6.92 Å². The van der Waals surface area contributed by atoms with E-state index in [9.17, 15) is 9.59 Å². The number of nitrogens with zero attached hydrogens (tertiary/aromatic N) is 2. The Kier molecular flexibility index (Phi) is 5.26. The third-order valence-electron chi connectivity index (χ3n) is 4.45. The summed E-state index contributed by atoms with van der Waals surface area (Å²) < 4.78 is 1.86. The van der Waals surface area contributed by atoms with Crippen LogP contribution in [0.2, 0.25) is 0 Å². The molecule has 3 rings (SSSR count). The first kappa shape index (κ1) is 18.6. The molecule has 2 aromatic carbocycles. The number of carbonyl (C=O) groups excluding carboxylic acids is 2. The number of imidazole rings is 1. The van der Waals surface area contributed by atoms with E-state index in [-0.39, 0.29) is 24.4 Å². The van der Waals surface area contributed by atoms with Crippen molar-refractivity contribution in [3.05, 3.63) is 59.4 Å². The average Bonchev–Trinajstić information content (AvgIpc) is 2.96. The summed E-state index contributed by atoms with van der Waals surface area (Å²) in [5.41, 5.74) is 4.62. The van der Waals surface area contributed by atoms with E-state index in [0.29, 0.717) is 5.82 Å². The van der Waals surface area contributed by atoms with Crippen molar-refractivity contribution in [3.63, 3.8) is 0 Å². The summed E-state index contributed by atoms with van der Waals surface area (Å²) in [5, 5.41) is 5.82. The van der Waals surface area contributed by atoms with Gasteiger partial charge in [0.05, 0.1) is 17.1 Å². The minimum absolute atomic E-state index is 0.118. The predicted molar refractivity (Wildman–Crippen MR) is 107 cm³/mol. The standard InChI is InChI=1S/C21H24N4O2/c1-13-9-10-17(14(2)11-13)23-20(27)12-25-19-8-6-5-7-18(19)24-21(25)15(3)22-16(4)26/h5-11,15H,12H2,1-4H3,(H,22,26)(H,23,27). The molecule has 0 saturated heterocycles. The molecule has 27 heavy (non-hydrogen) atoms. The monoisotopic (exact) mass is 364 g/mol. The van der Waals surface area contributed by atoms with Crippen LogP contribution in [0.3, 0.4) is 0 Å². The van der Waals surface area contributed by atoms with Crippen LogP contribution in [0.5, 0.6) is 0 Å². The molecule has 1 unspecified atom stereocenters. The minimum atomic E-state index is -0.302. The molecular weight excluding hydrogens is 340 g/mol. The van der Waals surface area contributed by atoms with E-state index in [1.807, 2.05) is 67.8 Å². The number of para-hydroxylation sites is 2. The Labute approximate surface area is 158 Å². The van der Waals surface area contributed by atoms with Gasteiger partial charge in [-0.05, 0) is 44.5 Å². The summed E-state index contributed by atoms with van der Waals surface area (Å²) in [5.74, 6) is 0.379. The number of nitrogens with one attached hydrogen (secondary N) is 2. The van der Waals surface area contributed by atoms with Crippen LogP contribution in [0.15, 0.2) is 42.5 Å². The molecule has 2 N–H and O–H groups in total. The van der Waals surface area contributed by atoms with Crippen LogP contribution in [0.4, 0.5) is 5.69 Å². The number of aryl methyl sites for hydroxylation is 2. The third-order valence-corrected chi connectivity index (χ3v) is 4.45. The quantitative estimate of drug-likeness (QED) is 0.728. The molecule has 1 heterocycles. The zero-order valence-corrected chi connectivity index (χ0v) is 16.0. The number of fused-ring (bicyclic) bond motifs is 1. The van der Waals surface area contributed by atoms with E-state index in [0.717, 1.165) is 27.8 Å². The van der Waals surface area contributed by atoms with Gasteiger partial charge in [-0.3, -0.25) is 9.59 Å². The summed E-state index contributed by atoms with van der Waals surface area (Å²) in [4.78, 5) is 28.8. The number of anilines is 1. The smallest absolute Gasteiger partial charge is 0.244 e. The van der Waals surface area contributed by atoms with Gasteiger partial charge in [0, 0.05) is 12.6 Å². The first-order valence-corrected chi connectivity index (χ1v) is 8.94. The van der Waals surface area contributed by atoms with Crippen molar-refractivity contribution >= 4 is 28.5 Å². The lowest BCUT2D eigenvalue weighted by atomic mass is 10.1. The highest BCUT2D eigenvalue weighted by molar-refractivity contribution is 5.92. The number of carbonyl (C=O) groups is 2. The van der Waals surface area contributed by atoms with E-state index < -0.39 is 0 Å². The summed E-state index contributed by atoms with van der Waals surface area (Å²) >= 11 is 0. The van der Waals surface area contributed by atoms with Crippen LogP contribution < -0.4 is 10.6 Å². The van der Waals surface area contributed by atoms with Crippen molar-refractivity contribution in [1.29, 1.82) is 0 Å². The number of aromatic nitrogens is 2. The van der Waals surface area contributed by atoms with Crippen molar-refractivity contribution < 1.29 is 9.59 Å². The van der Waals surface area contributed by atoms with Crippen LogP contribution in [0.25, 0.3) is 11.0 Å². The summed E-state index contributed by atoms with van der Waals surface area (Å²) in [6.07, 6.45) is 0. The maximum atomic E-state index is 12.7. The summed E-state index contributed by atoms with van der Waals surface area (Å²) in [6.45, 7) is 7.44. The second kappa shape index (κ2) is 7.61. The van der Waals surface area contributed by atoms with Crippen molar-refractivity contribution in [3.8, 4) is 0 Å². The fraction of sp³-hybridized carbons (Fsp3) is 0.286. The second-order valence-electron chi connectivity index (χ2n) is 6.83. The van der Waals surface area contributed by atoms with E-state index in [1.54, 1.807) is 0 Å². The Hall–Kier alpha value is -3.15. The molecule has 0 bridgehead atoms. The van der Waals surface area contributed by atoms with Gasteiger partial charge < -0.3 is 15.2 Å². The lowest BCUT2D eigenvalue weighted by Gasteiger charge is -2.16. The van der Waals surface area contributed by atoms with Gasteiger partial charge in [0.25, 0.3) is 0 Å². The van der Waals surface area contributed by atoms with Crippen LogP contribution >= 0.6 is 0 Å². The number of benzene rings is 2. The van der Waals surface area contributed by atoms with Gasteiger partial charge in [-0.1, -0.05) is 29.8 Å². The van der Waals surface area contributed by atoms with Gasteiger partial charge in [0.2, 0.25) is 11.8 Å². The van der Waals surface area contributed by atoms with Crippen molar-refractivity contribution in [2.45, 2.75) is 40.3 Å². The molecule has 1 atom stereocenters. The first-order valence-electron chi connectivity index (χ1n) is 8.94. The fourth-order valence-corrected chi connectivity index (χ4v) is 3.25. The molecule has 0 saturated carbocycles. The highest BCUT2D eigenvalue weighted by Gasteiger charge is 2.19. The highest BCUT2D eigenvalue weighted by atomic mass is 16.2. The topological polar surface area (TPSA) is 76.0 Å². The SMILES string of the molecule is CC(=O)NC(C)c1nc2ccccc2n1CC(=O)Nc1ccc(C)cc1C. The molecule has 0 aliphatic rings. The number of rotatable bonds is 5. The molecule has 0 aliphatic carbocycles. The fourth-order valence-electron chi connectivity index (χ4n) is 3.25. The van der Waals surface area contributed by atoms with Crippen LogP contribution in [-0.4, -0.2) is 21.4 Å². The van der Waals surface area contributed by atoms with Crippen LogP contribution in [-0.2, 0) is 16.1 Å². The molecule has 6 heteroatoms. The van der Waals surface area contributed by atoms with Crippen molar-refractivity contribution in [2.75, 3.05) is 5.32 Å². The molecule has 2 amide bonds. The Bertz CT molecular complexity index is 1010. The summed E-state index contributed by atoms with van der Waals surface area (Å²) in [6, 6.07) is 13.3. The molecule has 0 aliphatic heterocycles. The van der Waals surface area contributed by atoms with Gasteiger partial charge in [0.1, 0.15) is 12.4 Å². The third kappa shape index (κ3) is 4.16. The largest absolute Gasteiger partial charge is 0.347 e. The highest BCUT2D eigenvalue weighted by Crippen LogP contribution is 2.22. The normalized spacial score (nSPS) is 12.0. The Morgan fingerprint density at radius 2 is 1.89 bits per heavy atom. The van der Waals surface area contributed by atoms with E-state index in [2.05, 4.69) is 15.6 Å². The summed E-state index contributed by atoms with van der Waals surface area (Å²) in [7, 11) is 0. The zero-order valence-electron chi connectivity index (χ0n) is 16.0. The number of hydrogen-bond acceptors (Lipinski definition) is 3. The van der Waals surface area contributed by atoms with Crippen LogP contribution in [0, 0.1) is 13.8 Å². The molecule has 0 fully saturated rings. The predicted octanol–water partition coefficient (Wildman–Crippen LogP) is 3.49. The van der Waals surface area contributed by atoms with Gasteiger partial charge in [-0.15, -0.1) is 0 Å². The molecular formula is C21H24N4O2. The minimum Gasteiger partial charge on any atom is -0.347 e. The van der Waals surface area contributed by atoms with Crippen molar-refractivity contribution in [2.24, 2.45) is 0 Å². The van der Waals surface area contributed by atoms with Gasteiger partial charge >= 0.3 is 0 Å². The van der Waals surface area contributed by atoms with E-state index in [4.69, 9.17) is 0 Å². The van der Waals surface area contributed by atoms with E-state index >= 15 is 0 Å². The maximum Gasteiger partial charge on any atom is 0.244 e.